The number of nitrogens with one attached hydrogen (secondary N) is 9. The van der Waals surface area contributed by atoms with Crippen LogP contribution in [0.15, 0.2) is 273 Å². The molecule has 0 aliphatic carbocycles. The Balaban J connectivity index is 0.000000245. The van der Waals surface area contributed by atoms with Crippen molar-refractivity contribution in [2.24, 2.45) is 0 Å². The first kappa shape index (κ1) is 101. The fourth-order valence-electron chi connectivity index (χ4n) is 13.8. The van der Waals surface area contributed by atoms with E-state index in [2.05, 4.69) is 46.9 Å². The Morgan fingerprint density at radius 1 is 0.283 bits per heavy atom. The minimum absolute atomic E-state index is 0. The second-order valence-electron chi connectivity index (χ2n) is 28.4. The largest absolute Gasteiger partial charge is 1.00 e. The van der Waals surface area contributed by atoms with Gasteiger partial charge in [-0.3, -0.25) is 44.0 Å². The van der Waals surface area contributed by atoms with Crippen LogP contribution in [-0.2, 0) is 100 Å². The van der Waals surface area contributed by atoms with Gasteiger partial charge in [0.15, 0.2) is 0 Å². The molecule has 0 fully saturated rings. The smallest absolute Gasteiger partial charge is 0.548 e. The molecule has 9 aromatic carbocycles. The number of carboxylic acid groups (broad SMARTS) is 3. The summed E-state index contributed by atoms with van der Waals surface area (Å²) in [4.78, 5) is 146. The third kappa shape index (κ3) is 32.0. The van der Waals surface area contributed by atoms with E-state index in [-0.39, 0.29) is 212 Å². The van der Waals surface area contributed by atoms with Crippen LogP contribution in [-0.4, -0.2) is 134 Å². The molecule has 3 aromatic heterocycles. The van der Waals surface area contributed by atoms with Gasteiger partial charge >= 0.3 is 177 Å². The molecule has 33 heteroatoms. The van der Waals surface area contributed by atoms with E-state index >= 15 is 0 Å². The average Bonchev–Trinajstić information content (AvgIpc) is 1.76. The molecule has 0 aliphatic heterocycles. The molecule has 3 heterocycles. The summed E-state index contributed by atoms with van der Waals surface area (Å²) in [5.74, 6) is -10.4. The predicted molar refractivity (Wildman–Crippen MR) is 440 cm³/mol. The first-order valence-electron chi connectivity index (χ1n) is 38.0. The number of H-pyrrole nitrogens is 3. The van der Waals surface area contributed by atoms with Gasteiger partial charge < -0.3 is 90.0 Å². The van der Waals surface area contributed by atoms with Crippen molar-refractivity contribution >= 4 is 91.1 Å². The summed E-state index contributed by atoms with van der Waals surface area (Å²) in [6, 6.07) is 69.6. The maximum absolute atomic E-state index is 13.5. The van der Waals surface area contributed by atoms with Gasteiger partial charge in [-0.2, -0.15) is 0 Å². The van der Waals surface area contributed by atoms with Crippen LogP contribution in [0.2, 0.25) is 0 Å². The Kier molecular flexibility index (Phi) is 42.0. The van der Waals surface area contributed by atoms with E-state index in [4.69, 9.17) is 0 Å². The standard InChI is InChI=1S/3C29H32N3O6P.3K/c3*33-28(32-26(29(34)35)18-22-19-30-24-14-8-7-13-23(22)24)25(17-21-11-5-2-6-12-21)31-27(39(36,37)38)16-15-20-9-3-1-4-10-20;;;/h3*1-14,19,25-27,30-31H,15-18H2,(H,32,33)(H,34,35)(H2,36,37,38);;;/q;;;3*+1/p-3/t3*25-,26-,27?;;;/m000.../s1. The molecule has 0 spiro atoms. The number of fused-ring (bicyclic) bond motifs is 3. The Hall–Kier alpha value is -6.34. The number of para-hydroxylation sites is 3. The second kappa shape index (κ2) is 50.0. The number of aromatic nitrogens is 3. The number of rotatable bonds is 39. The Labute approximate surface area is 822 Å². The van der Waals surface area contributed by atoms with Crippen molar-refractivity contribution in [3.8, 4) is 0 Å². The van der Waals surface area contributed by atoms with E-state index in [9.17, 15) is 87.1 Å². The summed E-state index contributed by atoms with van der Waals surface area (Å²) in [7, 11) is -14.0. The summed E-state index contributed by atoms with van der Waals surface area (Å²) in [5, 5.41) is 54.8. The maximum atomic E-state index is 13.5. The predicted octanol–water partition coefficient (Wildman–Crippen LogP) is -2.14. The van der Waals surface area contributed by atoms with Gasteiger partial charge in [0, 0.05) is 70.6 Å². The Bertz CT molecular complexity index is 4860. The number of hydrogen-bond donors (Lipinski definition) is 15. The van der Waals surface area contributed by atoms with E-state index in [0.717, 1.165) is 66.1 Å². The first-order valence-corrected chi connectivity index (χ1v) is 43.0. The van der Waals surface area contributed by atoms with Crippen molar-refractivity contribution in [2.45, 2.75) is 131 Å². The molecule has 0 saturated heterocycles. The van der Waals surface area contributed by atoms with Crippen LogP contribution in [0.5, 0.6) is 0 Å². The Morgan fingerprint density at radius 3 is 0.692 bits per heavy atom. The molecule has 0 radical (unpaired) electrons. The number of hydrogen-bond acceptors (Lipinski definition) is 15. The SMILES string of the molecule is O=C([O-])[C@H](Cc1c[nH]c2ccccc12)NC(=O)[C@H](Cc1ccccc1)NC(CCc1ccccc1)P(=O)(O)O.O=C([O-])[C@H](Cc1c[nH]c2ccccc12)NC(=O)[C@H](Cc1ccccc1)NC(CCc1ccccc1)P(=O)(O)O.O=C([O-])[C@H](Cc1c[nH]c2ccccc12)NC(=O)[C@H](Cc1ccccc1)NC(CCc1ccccc1)P(=O)(O)O.[K+].[K+].[K+]. The fraction of sp³-hybridized carbons (Fsp3) is 0.241. The molecule has 27 nitrogen and oxygen atoms in total. The first-order chi connectivity index (χ1) is 56.1. The summed E-state index contributed by atoms with van der Waals surface area (Å²) in [6.07, 6.45) is 6.68. The van der Waals surface area contributed by atoms with Crippen LogP contribution in [0.4, 0.5) is 0 Å². The van der Waals surface area contributed by atoms with Crippen LogP contribution in [0.3, 0.4) is 0 Å². The van der Waals surface area contributed by atoms with Crippen LogP contribution in [0, 0.1) is 0 Å². The van der Waals surface area contributed by atoms with Crippen molar-refractivity contribution in [3.63, 3.8) is 0 Å². The third-order valence-electron chi connectivity index (χ3n) is 19.9. The zero-order valence-corrected chi connectivity index (χ0v) is 78.6. The number of benzene rings is 9. The number of aryl methyl sites for hydroxylation is 3. The number of aromatic amines is 3. The van der Waals surface area contributed by atoms with Crippen molar-refractivity contribution < 1.29 is 241 Å². The summed E-state index contributed by atoms with van der Waals surface area (Å²) < 4.78 is 37.3. The zero-order valence-electron chi connectivity index (χ0n) is 66.6. The normalized spacial score (nSPS) is 13.7. The third-order valence-corrected chi connectivity index (χ3v) is 23.6. The van der Waals surface area contributed by atoms with Gasteiger partial charge in [0.05, 0.1) is 54.2 Å². The van der Waals surface area contributed by atoms with Crippen molar-refractivity contribution in [1.82, 2.24) is 46.9 Å². The zero-order chi connectivity index (χ0) is 83.5. The van der Waals surface area contributed by atoms with Gasteiger partial charge in [0.25, 0.3) is 0 Å². The summed E-state index contributed by atoms with van der Waals surface area (Å²) in [6.45, 7) is 0. The minimum Gasteiger partial charge on any atom is -0.548 e. The van der Waals surface area contributed by atoms with Crippen LogP contribution < -0.4 is 201 Å². The molecule has 0 saturated carbocycles. The minimum atomic E-state index is -4.66. The number of carboxylic acids is 3. The molecule has 0 aliphatic rings. The van der Waals surface area contributed by atoms with Crippen LogP contribution >= 0.6 is 22.8 Å². The van der Waals surface area contributed by atoms with Crippen molar-refractivity contribution in [1.29, 1.82) is 0 Å². The van der Waals surface area contributed by atoms with Gasteiger partial charge in [0.1, 0.15) is 17.3 Å². The molecular weight excluding hydrogens is 1670 g/mol. The number of amides is 3. The van der Waals surface area contributed by atoms with Gasteiger partial charge in [-0.25, -0.2) is 0 Å². The molecule has 120 heavy (non-hydrogen) atoms. The molecule has 12 rings (SSSR count). The topological polar surface area (TPSA) is 464 Å². The van der Waals surface area contributed by atoms with E-state index in [1.807, 2.05) is 182 Å². The van der Waals surface area contributed by atoms with Gasteiger partial charge in [-0.05, 0) is 126 Å². The monoisotopic (exact) mass is 1760 g/mol. The summed E-state index contributed by atoms with van der Waals surface area (Å²) in [5.41, 5.74) is 9.55. The molecule has 15 N–H and O–H groups in total. The molecule has 9 atom stereocenters. The van der Waals surface area contributed by atoms with Gasteiger partial charge in [-0.15, -0.1) is 0 Å². The van der Waals surface area contributed by atoms with E-state index in [1.54, 1.807) is 91.4 Å². The number of carbonyl (C=O) groups excluding carboxylic acids is 6. The number of carbonyl (C=O) groups is 6. The van der Waals surface area contributed by atoms with E-state index < -0.39 is 112 Å². The molecule has 612 valence electrons. The van der Waals surface area contributed by atoms with Crippen LogP contribution in [0.25, 0.3) is 32.7 Å². The average molecular weight is 1760 g/mol. The molecule has 12 aromatic rings. The van der Waals surface area contributed by atoms with Crippen molar-refractivity contribution in [2.75, 3.05) is 0 Å². The second-order valence-corrected chi connectivity index (χ2v) is 33.9. The molecular formula is C87H93K3N9O18P3. The molecule has 3 unspecified atom stereocenters. The number of aliphatic carboxylic acids is 3. The maximum Gasteiger partial charge on any atom is 1.00 e. The summed E-state index contributed by atoms with van der Waals surface area (Å²) >= 11 is 0. The van der Waals surface area contributed by atoms with E-state index in [0.29, 0.717) is 36.0 Å². The van der Waals surface area contributed by atoms with Crippen LogP contribution in [0.1, 0.15) is 69.3 Å². The Morgan fingerprint density at radius 2 is 0.483 bits per heavy atom. The fourth-order valence-corrected chi connectivity index (χ4v) is 16.3. The van der Waals surface area contributed by atoms with Gasteiger partial charge in [0.2, 0.25) is 17.7 Å². The quantitative estimate of drug-likeness (QED) is 0.0144. The molecule has 3 amide bonds. The van der Waals surface area contributed by atoms with Gasteiger partial charge in [-0.1, -0.05) is 237 Å². The molecule has 0 bridgehead atoms. The van der Waals surface area contributed by atoms with Crippen molar-refractivity contribution in [3.05, 3.63) is 323 Å². The van der Waals surface area contributed by atoms with E-state index in [1.165, 1.54) is 0 Å².